The van der Waals surface area contributed by atoms with Crippen LogP contribution in [-0.2, 0) is 11.3 Å². The van der Waals surface area contributed by atoms with Gasteiger partial charge in [0, 0.05) is 32.3 Å². The molecule has 0 bridgehead atoms. The molecule has 0 aliphatic carbocycles. The second-order valence-corrected chi connectivity index (χ2v) is 5.94. The van der Waals surface area contributed by atoms with Crippen molar-refractivity contribution < 1.29 is 9.53 Å². The van der Waals surface area contributed by atoms with E-state index in [1.165, 1.54) is 0 Å². The summed E-state index contributed by atoms with van der Waals surface area (Å²) in [6.07, 6.45) is 1.18. The largest absolute Gasteiger partial charge is 0.378 e. The molecule has 1 rings (SSSR count). The number of amides is 1. The first-order valence-corrected chi connectivity index (χ1v) is 8.42. The lowest BCUT2D eigenvalue weighted by Crippen LogP contribution is -2.38. The number of benzene rings is 1. The molecule has 1 aromatic rings. The Morgan fingerprint density at radius 1 is 1.24 bits per heavy atom. The quantitative estimate of drug-likeness (QED) is 0.299. The van der Waals surface area contributed by atoms with Crippen LogP contribution in [0.4, 0.5) is 0 Å². The van der Waals surface area contributed by atoms with Gasteiger partial charge in [-0.1, -0.05) is 26.0 Å². The molecule has 0 aliphatic rings. The van der Waals surface area contributed by atoms with E-state index in [-0.39, 0.29) is 30.1 Å². The average molecular weight is 462 g/mol. The molecule has 0 spiro atoms. The fourth-order valence-corrected chi connectivity index (χ4v) is 2.35. The van der Waals surface area contributed by atoms with E-state index < -0.39 is 5.91 Å². The molecule has 142 valence electrons. The molecule has 0 aromatic heterocycles. The van der Waals surface area contributed by atoms with Crippen LogP contribution >= 0.6 is 24.0 Å². The van der Waals surface area contributed by atoms with Crippen LogP contribution in [0.25, 0.3) is 0 Å². The summed E-state index contributed by atoms with van der Waals surface area (Å²) in [6.45, 7) is 8.51. The summed E-state index contributed by atoms with van der Waals surface area (Å²) in [6, 6.07) is 7.21. The smallest absolute Gasteiger partial charge is 0.248 e. The van der Waals surface area contributed by atoms with Crippen molar-refractivity contribution in [2.45, 2.75) is 39.8 Å². The molecule has 0 saturated heterocycles. The summed E-state index contributed by atoms with van der Waals surface area (Å²) in [5, 5.41) is 6.55. The highest BCUT2D eigenvalue weighted by Crippen LogP contribution is 2.10. The summed E-state index contributed by atoms with van der Waals surface area (Å²) in [7, 11) is 1.74. The van der Waals surface area contributed by atoms with Gasteiger partial charge >= 0.3 is 0 Å². The second kappa shape index (κ2) is 12.9. The monoisotopic (exact) mass is 462 g/mol. The lowest BCUT2D eigenvalue weighted by molar-refractivity contribution is 0.0258. The number of carbonyl (C=O) groups excluding carboxylic acids is 1. The summed E-state index contributed by atoms with van der Waals surface area (Å²) in [4.78, 5) is 15.3. The first kappa shape index (κ1) is 23.6. The van der Waals surface area contributed by atoms with Crippen LogP contribution in [0.1, 0.15) is 43.1 Å². The zero-order chi connectivity index (χ0) is 17.9. The topological polar surface area (TPSA) is 88.7 Å². The van der Waals surface area contributed by atoms with Gasteiger partial charge in [0.25, 0.3) is 0 Å². The normalized spacial score (nSPS) is 12.4. The Bertz CT molecular complexity index is 532. The molecule has 1 aromatic carbocycles. The van der Waals surface area contributed by atoms with Crippen molar-refractivity contribution in [1.82, 2.24) is 10.6 Å². The second-order valence-electron chi connectivity index (χ2n) is 5.94. The van der Waals surface area contributed by atoms with Crippen molar-refractivity contribution in [3.05, 3.63) is 35.4 Å². The fourth-order valence-electron chi connectivity index (χ4n) is 2.35. The SMILES string of the molecule is CCOC(CCNC(=NC)NCc1ccc(C(N)=O)cc1)C(C)C.I. The van der Waals surface area contributed by atoms with E-state index in [4.69, 9.17) is 10.5 Å². The molecule has 0 radical (unpaired) electrons. The molecular formula is C18H31IN4O2. The van der Waals surface area contributed by atoms with Crippen LogP contribution < -0.4 is 16.4 Å². The van der Waals surface area contributed by atoms with E-state index in [1.54, 1.807) is 19.2 Å². The number of guanidine groups is 1. The van der Waals surface area contributed by atoms with Crippen molar-refractivity contribution in [3.63, 3.8) is 0 Å². The first-order chi connectivity index (χ1) is 11.5. The zero-order valence-electron chi connectivity index (χ0n) is 15.5. The van der Waals surface area contributed by atoms with Crippen LogP contribution in [-0.4, -0.2) is 38.2 Å². The highest BCUT2D eigenvalue weighted by Gasteiger charge is 2.12. The number of hydrogen-bond acceptors (Lipinski definition) is 3. The fraction of sp³-hybridized carbons (Fsp3) is 0.556. The number of aliphatic imine (C=N–C) groups is 1. The third-order valence-corrected chi connectivity index (χ3v) is 3.77. The van der Waals surface area contributed by atoms with Crippen LogP contribution in [0.3, 0.4) is 0 Å². The molecule has 0 fully saturated rings. The predicted molar refractivity (Wildman–Crippen MR) is 113 cm³/mol. The van der Waals surface area contributed by atoms with Crippen LogP contribution in [0.15, 0.2) is 29.3 Å². The maximum atomic E-state index is 11.1. The van der Waals surface area contributed by atoms with Crippen molar-refractivity contribution in [2.75, 3.05) is 20.2 Å². The molecular weight excluding hydrogens is 431 g/mol. The van der Waals surface area contributed by atoms with Crippen molar-refractivity contribution in [1.29, 1.82) is 0 Å². The number of nitrogens with zero attached hydrogens (tertiary/aromatic N) is 1. The van der Waals surface area contributed by atoms with E-state index in [0.717, 1.165) is 31.1 Å². The van der Waals surface area contributed by atoms with Gasteiger partial charge in [0.05, 0.1) is 6.10 Å². The third kappa shape index (κ3) is 9.06. The lowest BCUT2D eigenvalue weighted by atomic mass is 10.0. The van der Waals surface area contributed by atoms with Crippen LogP contribution in [0.5, 0.6) is 0 Å². The van der Waals surface area contributed by atoms with Crippen LogP contribution in [0, 0.1) is 5.92 Å². The van der Waals surface area contributed by atoms with Crippen molar-refractivity contribution >= 4 is 35.8 Å². The lowest BCUT2D eigenvalue weighted by Gasteiger charge is -2.21. The van der Waals surface area contributed by atoms with Crippen molar-refractivity contribution in [3.8, 4) is 0 Å². The van der Waals surface area contributed by atoms with Gasteiger partial charge in [0.1, 0.15) is 0 Å². The number of nitrogens with one attached hydrogen (secondary N) is 2. The Kier molecular flexibility index (Phi) is 12.2. The Hall–Kier alpha value is -1.35. The maximum Gasteiger partial charge on any atom is 0.248 e. The van der Waals surface area contributed by atoms with Gasteiger partial charge < -0.3 is 21.1 Å². The van der Waals surface area contributed by atoms with Crippen LogP contribution in [0.2, 0.25) is 0 Å². The van der Waals surface area contributed by atoms with E-state index >= 15 is 0 Å². The highest BCUT2D eigenvalue weighted by molar-refractivity contribution is 14.0. The van der Waals surface area contributed by atoms with Gasteiger partial charge in [-0.2, -0.15) is 0 Å². The van der Waals surface area contributed by atoms with Crippen molar-refractivity contribution in [2.24, 2.45) is 16.6 Å². The van der Waals surface area contributed by atoms with Gasteiger partial charge in [-0.25, -0.2) is 0 Å². The minimum Gasteiger partial charge on any atom is -0.378 e. The molecule has 4 N–H and O–H groups in total. The molecule has 25 heavy (non-hydrogen) atoms. The number of halogens is 1. The summed E-state index contributed by atoms with van der Waals surface area (Å²) in [5.41, 5.74) is 6.80. The number of nitrogens with two attached hydrogens (primary N) is 1. The van der Waals surface area contributed by atoms with E-state index in [9.17, 15) is 4.79 Å². The summed E-state index contributed by atoms with van der Waals surface area (Å²) >= 11 is 0. The van der Waals surface area contributed by atoms with E-state index in [1.807, 2.05) is 19.1 Å². The Labute approximate surface area is 168 Å². The molecule has 0 heterocycles. The average Bonchev–Trinajstić information content (AvgIpc) is 2.57. The summed E-state index contributed by atoms with van der Waals surface area (Å²) in [5.74, 6) is 0.819. The molecule has 6 nitrogen and oxygen atoms in total. The van der Waals surface area contributed by atoms with Gasteiger partial charge in [-0.15, -0.1) is 24.0 Å². The Balaban J connectivity index is 0.00000576. The summed E-state index contributed by atoms with van der Waals surface area (Å²) < 4.78 is 5.74. The maximum absolute atomic E-state index is 11.1. The molecule has 0 saturated carbocycles. The van der Waals surface area contributed by atoms with E-state index in [2.05, 4.69) is 29.5 Å². The number of carbonyl (C=O) groups is 1. The van der Waals surface area contributed by atoms with Gasteiger partial charge in [0.2, 0.25) is 5.91 Å². The number of primary amides is 1. The standard InChI is InChI=1S/C18H30N4O2.HI/c1-5-24-16(13(2)3)10-11-21-18(20-4)22-12-14-6-8-15(9-7-14)17(19)23;/h6-9,13,16H,5,10-12H2,1-4H3,(H2,19,23)(H2,20,21,22);1H. The molecule has 7 heteroatoms. The predicted octanol–water partition coefficient (Wildman–Crippen LogP) is 2.52. The first-order valence-electron chi connectivity index (χ1n) is 8.42. The number of ether oxygens (including phenoxy) is 1. The minimum absolute atomic E-state index is 0. The van der Waals surface area contributed by atoms with Gasteiger partial charge in [-0.05, 0) is 37.0 Å². The van der Waals surface area contributed by atoms with Gasteiger partial charge in [-0.3, -0.25) is 9.79 Å². The molecule has 1 amide bonds. The number of rotatable bonds is 9. The van der Waals surface area contributed by atoms with Gasteiger partial charge in [0.15, 0.2) is 5.96 Å². The van der Waals surface area contributed by atoms with E-state index in [0.29, 0.717) is 18.0 Å². The highest BCUT2D eigenvalue weighted by atomic mass is 127. The minimum atomic E-state index is -0.416. The molecule has 1 unspecified atom stereocenters. The Morgan fingerprint density at radius 2 is 1.88 bits per heavy atom. The molecule has 0 aliphatic heterocycles. The third-order valence-electron chi connectivity index (χ3n) is 3.77. The zero-order valence-corrected chi connectivity index (χ0v) is 17.9. The number of hydrogen-bond donors (Lipinski definition) is 3. The Morgan fingerprint density at radius 3 is 2.36 bits per heavy atom. The molecule has 1 atom stereocenters.